The molecular formula is C51H36N2. The molecule has 9 aromatic rings. The van der Waals surface area contributed by atoms with E-state index in [1.165, 1.54) is 60.7 Å². The van der Waals surface area contributed by atoms with E-state index in [1.54, 1.807) is 0 Å². The first kappa shape index (κ1) is 31.1. The molecule has 0 atom stereocenters. The number of rotatable bonds is 5. The molecule has 0 spiro atoms. The van der Waals surface area contributed by atoms with Gasteiger partial charge >= 0.3 is 0 Å². The van der Waals surface area contributed by atoms with Gasteiger partial charge in [-0.05, 0) is 84.3 Å². The summed E-state index contributed by atoms with van der Waals surface area (Å²) in [6.07, 6.45) is 0. The molecule has 0 aliphatic heterocycles. The van der Waals surface area contributed by atoms with Gasteiger partial charge in [0, 0.05) is 22.1 Å². The van der Waals surface area contributed by atoms with Crippen molar-refractivity contribution < 1.29 is 0 Å². The van der Waals surface area contributed by atoms with Gasteiger partial charge < -0.3 is 0 Å². The first-order valence-corrected chi connectivity index (χ1v) is 18.3. The van der Waals surface area contributed by atoms with Crippen molar-refractivity contribution in [1.29, 1.82) is 0 Å². The van der Waals surface area contributed by atoms with Crippen LogP contribution in [0.1, 0.15) is 25.0 Å². The van der Waals surface area contributed by atoms with Gasteiger partial charge in [0.25, 0.3) is 0 Å². The summed E-state index contributed by atoms with van der Waals surface area (Å²) in [5.74, 6) is 0.715. The third kappa shape index (κ3) is 5.18. The number of benzene rings is 8. The molecular weight excluding hydrogens is 641 g/mol. The van der Waals surface area contributed by atoms with Crippen molar-refractivity contribution in [3.63, 3.8) is 0 Å². The molecule has 250 valence electrons. The summed E-state index contributed by atoms with van der Waals surface area (Å²) in [6, 6.07) is 65.4. The monoisotopic (exact) mass is 676 g/mol. The molecule has 1 heterocycles. The summed E-state index contributed by atoms with van der Waals surface area (Å²) in [7, 11) is 0. The van der Waals surface area contributed by atoms with Gasteiger partial charge in [-0.1, -0.05) is 178 Å². The third-order valence-corrected chi connectivity index (χ3v) is 11.1. The molecule has 53 heavy (non-hydrogen) atoms. The van der Waals surface area contributed by atoms with Crippen LogP contribution in [0.2, 0.25) is 0 Å². The first-order valence-electron chi connectivity index (χ1n) is 18.3. The molecule has 1 aliphatic carbocycles. The normalized spacial score (nSPS) is 12.9. The fourth-order valence-corrected chi connectivity index (χ4v) is 8.51. The van der Waals surface area contributed by atoms with E-state index in [0.717, 1.165) is 33.5 Å². The fourth-order valence-electron chi connectivity index (χ4n) is 8.51. The zero-order valence-corrected chi connectivity index (χ0v) is 29.7. The van der Waals surface area contributed by atoms with Crippen LogP contribution in [0, 0.1) is 0 Å². The molecule has 1 aliphatic rings. The predicted octanol–water partition coefficient (Wildman–Crippen LogP) is 13.4. The molecule has 0 saturated heterocycles. The van der Waals surface area contributed by atoms with E-state index in [4.69, 9.17) is 9.97 Å². The Balaban J connectivity index is 1.11. The van der Waals surface area contributed by atoms with Gasteiger partial charge in [-0.3, -0.25) is 0 Å². The Labute approximate surface area is 310 Å². The zero-order valence-electron chi connectivity index (χ0n) is 29.7. The van der Waals surface area contributed by atoms with Gasteiger partial charge in [-0.2, -0.15) is 0 Å². The highest BCUT2D eigenvalue weighted by Gasteiger charge is 2.37. The predicted molar refractivity (Wildman–Crippen MR) is 222 cm³/mol. The minimum atomic E-state index is -0.0886. The average Bonchev–Trinajstić information content (AvgIpc) is 3.46. The van der Waals surface area contributed by atoms with Crippen molar-refractivity contribution in [2.75, 3.05) is 0 Å². The summed E-state index contributed by atoms with van der Waals surface area (Å²) in [5.41, 5.74) is 15.3. The highest BCUT2D eigenvalue weighted by molar-refractivity contribution is 6.05. The van der Waals surface area contributed by atoms with Crippen LogP contribution in [0.3, 0.4) is 0 Å². The number of fused-ring (bicyclic) bond motifs is 5. The van der Waals surface area contributed by atoms with Crippen molar-refractivity contribution in [2.45, 2.75) is 19.3 Å². The molecule has 10 rings (SSSR count). The quantitative estimate of drug-likeness (QED) is 0.181. The second kappa shape index (κ2) is 12.3. The van der Waals surface area contributed by atoms with Crippen LogP contribution in [0.5, 0.6) is 0 Å². The van der Waals surface area contributed by atoms with Crippen LogP contribution in [0.25, 0.3) is 88.8 Å². The molecule has 0 N–H and O–H groups in total. The van der Waals surface area contributed by atoms with E-state index in [2.05, 4.69) is 178 Å². The number of hydrogen-bond donors (Lipinski definition) is 0. The van der Waals surface area contributed by atoms with E-state index in [9.17, 15) is 0 Å². The van der Waals surface area contributed by atoms with E-state index < -0.39 is 0 Å². The van der Waals surface area contributed by atoms with Gasteiger partial charge in [0.15, 0.2) is 5.82 Å². The topological polar surface area (TPSA) is 25.8 Å². The van der Waals surface area contributed by atoms with Gasteiger partial charge in [-0.25, -0.2) is 9.97 Å². The van der Waals surface area contributed by atoms with Crippen LogP contribution in [-0.2, 0) is 5.41 Å². The minimum absolute atomic E-state index is 0.0886. The lowest BCUT2D eigenvalue weighted by atomic mass is 9.78. The van der Waals surface area contributed by atoms with Crippen LogP contribution in [0.4, 0.5) is 0 Å². The molecule has 2 nitrogen and oxygen atoms in total. The maximum absolute atomic E-state index is 5.22. The summed E-state index contributed by atoms with van der Waals surface area (Å²) in [4.78, 5) is 10.3. The Bertz CT molecular complexity index is 2870. The van der Waals surface area contributed by atoms with Gasteiger partial charge in [0.1, 0.15) is 0 Å². The maximum Gasteiger partial charge on any atom is 0.160 e. The molecule has 1 aromatic heterocycles. The zero-order chi connectivity index (χ0) is 35.5. The standard InChI is InChI=1S/C51H36N2/c1-51(2)46-25-11-10-22-43(46)45-24-13-23-40(49(45)51)37-19-12-18-36(31-37)39-28-29-44(42-21-9-8-20-41(39)42)48-32-47(52-50(53-48)34-15-4-3-5-16-34)38-27-26-33-14-6-7-17-35(33)30-38/h3-32H,1-2H3. The molecule has 0 unspecified atom stereocenters. The van der Waals surface area contributed by atoms with Crippen molar-refractivity contribution in [2.24, 2.45) is 0 Å². The van der Waals surface area contributed by atoms with E-state index in [-0.39, 0.29) is 5.41 Å². The number of hydrogen-bond acceptors (Lipinski definition) is 2. The largest absolute Gasteiger partial charge is 0.228 e. The minimum Gasteiger partial charge on any atom is -0.228 e. The van der Waals surface area contributed by atoms with Gasteiger partial charge in [-0.15, -0.1) is 0 Å². The fraction of sp³-hybridized carbons (Fsp3) is 0.0588. The van der Waals surface area contributed by atoms with Crippen LogP contribution >= 0.6 is 0 Å². The Hall–Kier alpha value is -6.64. The smallest absolute Gasteiger partial charge is 0.160 e. The van der Waals surface area contributed by atoms with Crippen molar-refractivity contribution in [1.82, 2.24) is 9.97 Å². The first-order chi connectivity index (χ1) is 26.0. The molecule has 2 heteroatoms. The lowest BCUT2D eigenvalue weighted by molar-refractivity contribution is 0.662. The van der Waals surface area contributed by atoms with Crippen molar-refractivity contribution >= 4 is 21.5 Å². The second-order valence-electron chi connectivity index (χ2n) is 14.6. The third-order valence-electron chi connectivity index (χ3n) is 11.1. The molecule has 0 fully saturated rings. The lowest BCUT2D eigenvalue weighted by Gasteiger charge is -2.24. The molecule has 0 saturated carbocycles. The van der Waals surface area contributed by atoms with E-state index >= 15 is 0 Å². The highest BCUT2D eigenvalue weighted by atomic mass is 14.9. The summed E-state index contributed by atoms with van der Waals surface area (Å²) in [6.45, 7) is 4.72. The van der Waals surface area contributed by atoms with E-state index in [0.29, 0.717) is 5.82 Å². The van der Waals surface area contributed by atoms with Crippen LogP contribution < -0.4 is 0 Å². The molecule has 0 bridgehead atoms. The maximum atomic E-state index is 5.22. The van der Waals surface area contributed by atoms with Crippen molar-refractivity contribution in [3.05, 3.63) is 193 Å². The van der Waals surface area contributed by atoms with Crippen LogP contribution in [-0.4, -0.2) is 9.97 Å². The molecule has 0 amide bonds. The average molecular weight is 677 g/mol. The number of aromatic nitrogens is 2. The Kier molecular flexibility index (Phi) is 7.19. The number of nitrogens with zero attached hydrogens (tertiary/aromatic N) is 2. The van der Waals surface area contributed by atoms with Crippen molar-refractivity contribution in [3.8, 4) is 67.3 Å². The molecule has 8 aromatic carbocycles. The summed E-state index contributed by atoms with van der Waals surface area (Å²) >= 11 is 0. The summed E-state index contributed by atoms with van der Waals surface area (Å²) < 4.78 is 0. The summed E-state index contributed by atoms with van der Waals surface area (Å²) in [5, 5.41) is 4.76. The lowest BCUT2D eigenvalue weighted by Crippen LogP contribution is -2.16. The van der Waals surface area contributed by atoms with Gasteiger partial charge in [0.2, 0.25) is 0 Å². The Morgan fingerprint density at radius 3 is 1.81 bits per heavy atom. The van der Waals surface area contributed by atoms with Gasteiger partial charge in [0.05, 0.1) is 11.4 Å². The van der Waals surface area contributed by atoms with E-state index in [1.807, 2.05) is 18.2 Å². The highest BCUT2D eigenvalue weighted by Crippen LogP contribution is 2.52. The Morgan fingerprint density at radius 1 is 0.358 bits per heavy atom. The Morgan fingerprint density at radius 2 is 0.962 bits per heavy atom. The van der Waals surface area contributed by atoms with Crippen LogP contribution in [0.15, 0.2) is 182 Å². The second-order valence-corrected chi connectivity index (χ2v) is 14.6. The molecule has 0 radical (unpaired) electrons. The SMILES string of the molecule is CC1(C)c2ccccc2-c2cccc(-c3cccc(-c4ccc(-c5cc(-c6ccc7ccccc7c6)nc(-c6ccccc6)n5)c5ccccc45)c3)c21.